The van der Waals surface area contributed by atoms with Gasteiger partial charge in [0.2, 0.25) is 23.6 Å². The summed E-state index contributed by atoms with van der Waals surface area (Å²) in [6.07, 6.45) is 0.425. The third kappa shape index (κ3) is 10.6. The van der Waals surface area contributed by atoms with Crippen LogP contribution in [0, 0.1) is 5.92 Å². The fraction of sp³-hybridized carbons (Fsp3) is 0.714. The molecule has 8 N–H and O–H groups in total. The molecular formula is C21H35N5O8. The molecule has 0 aromatic rings. The number of nitrogens with one attached hydrogen (secondary N) is 4. The van der Waals surface area contributed by atoms with E-state index in [1.807, 2.05) is 13.8 Å². The number of primary amides is 1. The summed E-state index contributed by atoms with van der Waals surface area (Å²) in [7, 11) is 0. The van der Waals surface area contributed by atoms with Gasteiger partial charge in [-0.2, -0.15) is 0 Å². The lowest BCUT2D eigenvalue weighted by molar-refractivity contribution is -0.143. The van der Waals surface area contributed by atoms with Gasteiger partial charge in [-0.25, -0.2) is 4.79 Å². The summed E-state index contributed by atoms with van der Waals surface area (Å²) >= 11 is 0. The third-order valence-corrected chi connectivity index (χ3v) is 5.29. The van der Waals surface area contributed by atoms with Crippen LogP contribution < -0.4 is 27.0 Å². The van der Waals surface area contributed by atoms with E-state index in [1.165, 1.54) is 0 Å². The lowest BCUT2D eigenvalue weighted by atomic mass is 10.0. The average molecular weight is 486 g/mol. The highest BCUT2D eigenvalue weighted by Gasteiger charge is 2.32. The van der Waals surface area contributed by atoms with Crippen LogP contribution in [0.15, 0.2) is 0 Å². The van der Waals surface area contributed by atoms with Crippen molar-refractivity contribution in [2.24, 2.45) is 11.7 Å². The zero-order valence-electron chi connectivity index (χ0n) is 19.5. The van der Waals surface area contributed by atoms with Gasteiger partial charge in [-0.05, 0) is 44.6 Å². The zero-order valence-corrected chi connectivity index (χ0v) is 19.5. The monoisotopic (exact) mass is 485 g/mol. The van der Waals surface area contributed by atoms with Crippen molar-refractivity contribution in [2.75, 3.05) is 6.54 Å². The van der Waals surface area contributed by atoms with E-state index in [0.717, 1.165) is 6.42 Å². The van der Waals surface area contributed by atoms with Gasteiger partial charge in [0, 0.05) is 12.8 Å². The van der Waals surface area contributed by atoms with Gasteiger partial charge >= 0.3 is 11.9 Å². The Labute approximate surface area is 197 Å². The maximum Gasteiger partial charge on any atom is 0.326 e. The van der Waals surface area contributed by atoms with Gasteiger partial charge in [-0.1, -0.05) is 13.8 Å². The summed E-state index contributed by atoms with van der Waals surface area (Å²) in [5.41, 5.74) is 5.16. The van der Waals surface area contributed by atoms with Crippen LogP contribution in [0.3, 0.4) is 0 Å². The van der Waals surface area contributed by atoms with E-state index in [4.69, 9.17) is 10.8 Å². The molecule has 0 bridgehead atoms. The Balaban J connectivity index is 2.94. The average Bonchev–Trinajstić information content (AvgIpc) is 3.27. The molecule has 13 heteroatoms. The van der Waals surface area contributed by atoms with Crippen LogP contribution in [0.4, 0.5) is 0 Å². The molecule has 192 valence electrons. The summed E-state index contributed by atoms with van der Waals surface area (Å²) in [5, 5.41) is 28.5. The van der Waals surface area contributed by atoms with Gasteiger partial charge in [0.1, 0.15) is 18.1 Å². The molecule has 4 amide bonds. The van der Waals surface area contributed by atoms with Crippen molar-refractivity contribution in [3.63, 3.8) is 0 Å². The number of carbonyl (C=O) groups is 6. The third-order valence-electron chi connectivity index (χ3n) is 5.29. The molecule has 0 saturated carbocycles. The van der Waals surface area contributed by atoms with Crippen molar-refractivity contribution in [3.8, 4) is 0 Å². The van der Waals surface area contributed by atoms with Crippen molar-refractivity contribution >= 4 is 35.6 Å². The van der Waals surface area contributed by atoms with E-state index in [9.17, 15) is 33.9 Å². The lowest BCUT2D eigenvalue weighted by Crippen LogP contribution is -2.57. The van der Waals surface area contributed by atoms with Gasteiger partial charge in [0.05, 0.1) is 6.04 Å². The second-order valence-electron chi connectivity index (χ2n) is 8.74. The normalized spacial score (nSPS) is 17.9. The summed E-state index contributed by atoms with van der Waals surface area (Å²) < 4.78 is 0. The number of rotatable bonds is 15. The highest BCUT2D eigenvalue weighted by atomic mass is 16.4. The molecule has 13 nitrogen and oxygen atoms in total. The van der Waals surface area contributed by atoms with Crippen molar-refractivity contribution in [1.82, 2.24) is 21.3 Å². The van der Waals surface area contributed by atoms with Gasteiger partial charge < -0.3 is 37.2 Å². The van der Waals surface area contributed by atoms with E-state index in [1.54, 1.807) is 0 Å². The van der Waals surface area contributed by atoms with Crippen LogP contribution in [0.2, 0.25) is 0 Å². The minimum atomic E-state index is -1.50. The maximum atomic E-state index is 13.0. The molecule has 4 atom stereocenters. The molecular weight excluding hydrogens is 450 g/mol. The molecule has 1 heterocycles. The molecule has 0 aromatic heterocycles. The van der Waals surface area contributed by atoms with Gasteiger partial charge in [-0.15, -0.1) is 0 Å². The predicted octanol–water partition coefficient (Wildman–Crippen LogP) is -1.55. The fourth-order valence-corrected chi connectivity index (χ4v) is 3.51. The van der Waals surface area contributed by atoms with Crippen LogP contribution in [0.25, 0.3) is 0 Å². The number of carboxylic acids is 2. The Hall–Kier alpha value is -3.22. The molecule has 0 aromatic carbocycles. The number of carbonyl (C=O) groups excluding carboxylic acids is 4. The van der Waals surface area contributed by atoms with Gasteiger partial charge in [0.25, 0.3) is 0 Å². The molecule has 0 aliphatic carbocycles. The first-order valence-electron chi connectivity index (χ1n) is 11.3. The number of aliphatic carboxylic acids is 2. The Morgan fingerprint density at radius 2 is 1.50 bits per heavy atom. The van der Waals surface area contributed by atoms with E-state index >= 15 is 0 Å². The van der Waals surface area contributed by atoms with E-state index < -0.39 is 60.2 Å². The van der Waals surface area contributed by atoms with Crippen molar-refractivity contribution in [3.05, 3.63) is 0 Å². The molecule has 1 saturated heterocycles. The molecule has 1 rings (SSSR count). The van der Waals surface area contributed by atoms with Crippen LogP contribution in [0.1, 0.15) is 58.8 Å². The SMILES string of the molecule is CC(C)CC(NC(=O)C1CCCN1)C(=O)NC(CCC(N)=O)C(=O)NC(CCC(=O)O)C(=O)O. The number of amides is 4. The van der Waals surface area contributed by atoms with Crippen LogP contribution in [0.5, 0.6) is 0 Å². The van der Waals surface area contributed by atoms with Gasteiger partial charge in [-0.3, -0.25) is 24.0 Å². The summed E-state index contributed by atoms with van der Waals surface area (Å²) in [4.78, 5) is 71.7. The Bertz CT molecular complexity index is 766. The lowest BCUT2D eigenvalue weighted by Gasteiger charge is -2.26. The van der Waals surface area contributed by atoms with Crippen LogP contribution >= 0.6 is 0 Å². The molecule has 0 radical (unpaired) electrons. The quantitative estimate of drug-likeness (QED) is 0.143. The van der Waals surface area contributed by atoms with E-state index in [-0.39, 0.29) is 37.5 Å². The molecule has 0 spiro atoms. The Kier molecular flexibility index (Phi) is 12.0. The second kappa shape index (κ2) is 14.1. The first-order chi connectivity index (χ1) is 15.9. The van der Waals surface area contributed by atoms with Crippen LogP contribution in [-0.4, -0.2) is 76.5 Å². The molecule has 1 aliphatic rings. The topological polar surface area (TPSA) is 217 Å². The number of hydrogen-bond acceptors (Lipinski definition) is 7. The number of hydrogen-bond donors (Lipinski definition) is 7. The predicted molar refractivity (Wildman–Crippen MR) is 119 cm³/mol. The molecule has 1 fully saturated rings. The number of nitrogens with two attached hydrogens (primary N) is 1. The van der Waals surface area contributed by atoms with Crippen molar-refractivity contribution < 1.29 is 39.0 Å². The number of carboxylic acid groups (broad SMARTS) is 2. The van der Waals surface area contributed by atoms with E-state index in [2.05, 4.69) is 21.3 Å². The minimum Gasteiger partial charge on any atom is -0.481 e. The Morgan fingerprint density at radius 3 is 2.00 bits per heavy atom. The fourth-order valence-electron chi connectivity index (χ4n) is 3.51. The molecule has 4 unspecified atom stereocenters. The minimum absolute atomic E-state index is 0.0258. The summed E-state index contributed by atoms with van der Waals surface area (Å²) in [5.74, 6) is -5.28. The van der Waals surface area contributed by atoms with Crippen molar-refractivity contribution in [1.29, 1.82) is 0 Å². The first kappa shape index (κ1) is 28.8. The van der Waals surface area contributed by atoms with Crippen LogP contribution in [-0.2, 0) is 28.8 Å². The maximum absolute atomic E-state index is 13.0. The second-order valence-corrected chi connectivity index (χ2v) is 8.74. The largest absolute Gasteiger partial charge is 0.481 e. The summed E-state index contributed by atoms with van der Waals surface area (Å²) in [6.45, 7) is 4.41. The highest BCUT2D eigenvalue weighted by Crippen LogP contribution is 2.10. The molecule has 34 heavy (non-hydrogen) atoms. The Morgan fingerprint density at radius 1 is 0.912 bits per heavy atom. The standard InChI is InChI=1S/C21H35N5O8/c1-11(2)10-15(26-18(30)12-4-3-9-23-12)20(32)24-13(5-7-16(22)27)19(31)25-14(21(33)34)6-8-17(28)29/h11-15,23H,3-10H2,1-2H3,(H2,22,27)(H,24,32)(H,25,31)(H,26,30)(H,28,29)(H,33,34). The zero-order chi connectivity index (χ0) is 25.8. The van der Waals surface area contributed by atoms with Gasteiger partial charge in [0.15, 0.2) is 0 Å². The first-order valence-corrected chi connectivity index (χ1v) is 11.3. The smallest absolute Gasteiger partial charge is 0.326 e. The van der Waals surface area contributed by atoms with Crippen molar-refractivity contribution in [2.45, 2.75) is 83.0 Å². The highest BCUT2D eigenvalue weighted by molar-refractivity contribution is 5.94. The molecule has 1 aliphatic heterocycles. The van der Waals surface area contributed by atoms with E-state index in [0.29, 0.717) is 13.0 Å². The summed E-state index contributed by atoms with van der Waals surface area (Å²) in [6, 6.07) is -4.19.